The number of nitrogens with one attached hydrogen (secondary N) is 1. The third-order valence-corrected chi connectivity index (χ3v) is 4.08. The van der Waals surface area contributed by atoms with Gasteiger partial charge in [-0.2, -0.15) is 11.8 Å². The Morgan fingerprint density at radius 2 is 2.12 bits per heavy atom. The number of piperidine rings is 1. The number of nitrogens with zero attached hydrogens (tertiary/aromatic N) is 1. The van der Waals surface area contributed by atoms with E-state index in [2.05, 4.69) is 10.2 Å². The van der Waals surface area contributed by atoms with Gasteiger partial charge in [0.05, 0.1) is 31.1 Å². The highest BCUT2D eigenvalue weighted by Crippen LogP contribution is 2.18. The summed E-state index contributed by atoms with van der Waals surface area (Å²) in [5.74, 6) is 0.679. The fraction of sp³-hybridized carbons (Fsp3) is 0.917. The maximum atomic E-state index is 11.6. The number of hydrogen-bond donors (Lipinski definition) is 1. The average Bonchev–Trinajstić information content (AvgIpc) is 2.78. The number of ether oxygens (including phenoxy) is 1. The van der Waals surface area contributed by atoms with Gasteiger partial charge in [-0.25, -0.2) is 0 Å². The molecule has 0 aromatic heterocycles. The van der Waals surface area contributed by atoms with Crippen molar-refractivity contribution in [2.24, 2.45) is 0 Å². The summed E-state index contributed by atoms with van der Waals surface area (Å²) in [5.41, 5.74) is 0. The molecule has 0 saturated carbocycles. The predicted octanol–water partition coefficient (Wildman–Crippen LogP) is 0.719. The van der Waals surface area contributed by atoms with Crippen LogP contribution >= 0.6 is 11.8 Å². The molecule has 98 valence electrons. The summed E-state index contributed by atoms with van der Waals surface area (Å²) in [7, 11) is 0. The van der Waals surface area contributed by atoms with E-state index >= 15 is 0 Å². The van der Waals surface area contributed by atoms with Crippen LogP contribution in [0.5, 0.6) is 0 Å². The molecule has 0 bridgehead atoms. The maximum absolute atomic E-state index is 11.6. The van der Waals surface area contributed by atoms with Gasteiger partial charge in [0, 0.05) is 0 Å². The van der Waals surface area contributed by atoms with E-state index in [4.69, 9.17) is 4.74 Å². The number of carbonyl (C=O) groups excluding carboxylic acids is 1. The van der Waals surface area contributed by atoms with Gasteiger partial charge in [-0.1, -0.05) is 6.42 Å². The highest BCUT2D eigenvalue weighted by Gasteiger charge is 2.34. The molecule has 0 spiro atoms. The van der Waals surface area contributed by atoms with Gasteiger partial charge in [0.25, 0.3) is 0 Å². The van der Waals surface area contributed by atoms with Crippen LogP contribution in [0.2, 0.25) is 0 Å². The van der Waals surface area contributed by atoms with Crippen molar-refractivity contribution >= 4 is 17.7 Å². The summed E-state index contributed by atoms with van der Waals surface area (Å²) >= 11 is 1.56. The Kier molecular flexibility index (Phi) is 5.13. The summed E-state index contributed by atoms with van der Waals surface area (Å²) in [6, 6.07) is 0.578. The molecule has 1 amide bonds. The van der Waals surface area contributed by atoms with Crippen LogP contribution in [0.15, 0.2) is 0 Å². The Morgan fingerprint density at radius 1 is 1.35 bits per heavy atom. The standard InChI is InChI=1S/C12H22N2O2S/c1-17-9-12(15)13-10-7-16-8-11(10)14-5-3-2-4-6-14/h10-11H,2-9H2,1H3,(H,13,15)/t10-,11-/m0/s1. The van der Waals surface area contributed by atoms with Crippen LogP contribution in [0.3, 0.4) is 0 Å². The lowest BCUT2D eigenvalue weighted by atomic mass is 10.1. The molecule has 2 rings (SSSR count). The lowest BCUT2D eigenvalue weighted by Crippen LogP contribution is -2.52. The molecule has 4 nitrogen and oxygen atoms in total. The van der Waals surface area contributed by atoms with E-state index in [9.17, 15) is 4.79 Å². The van der Waals surface area contributed by atoms with E-state index in [1.165, 1.54) is 19.3 Å². The van der Waals surface area contributed by atoms with Crippen molar-refractivity contribution in [2.75, 3.05) is 38.3 Å². The number of likely N-dealkylation sites (tertiary alicyclic amines) is 1. The summed E-state index contributed by atoms with van der Waals surface area (Å²) in [5, 5.41) is 3.10. The van der Waals surface area contributed by atoms with E-state index < -0.39 is 0 Å². The SMILES string of the molecule is CSCC(=O)N[C@H]1COC[C@@H]1N1CCCCC1. The predicted molar refractivity (Wildman–Crippen MR) is 70.3 cm³/mol. The fourth-order valence-corrected chi connectivity index (χ4v) is 3.02. The Morgan fingerprint density at radius 3 is 2.82 bits per heavy atom. The number of hydrogen-bond acceptors (Lipinski definition) is 4. The quantitative estimate of drug-likeness (QED) is 0.807. The molecule has 2 saturated heterocycles. The van der Waals surface area contributed by atoms with Crippen LogP contribution in [-0.2, 0) is 9.53 Å². The third-order valence-electron chi connectivity index (χ3n) is 3.53. The first-order chi connectivity index (χ1) is 8.31. The first kappa shape index (κ1) is 13.2. The molecule has 1 N–H and O–H groups in total. The lowest BCUT2D eigenvalue weighted by molar-refractivity contribution is -0.119. The molecule has 0 aromatic carbocycles. The second kappa shape index (κ2) is 6.61. The molecule has 0 aliphatic carbocycles. The van der Waals surface area contributed by atoms with E-state index in [0.717, 1.165) is 19.7 Å². The molecular weight excluding hydrogens is 236 g/mol. The first-order valence-electron chi connectivity index (χ1n) is 6.41. The second-order valence-corrected chi connectivity index (χ2v) is 5.67. The normalized spacial score (nSPS) is 30.4. The number of carbonyl (C=O) groups is 1. The monoisotopic (exact) mass is 258 g/mol. The Labute approximate surface area is 107 Å². The Balaban J connectivity index is 1.85. The Hall–Kier alpha value is -0.260. The highest BCUT2D eigenvalue weighted by atomic mass is 32.2. The van der Waals surface area contributed by atoms with Crippen LogP contribution in [0, 0.1) is 0 Å². The smallest absolute Gasteiger partial charge is 0.230 e. The number of thioether (sulfide) groups is 1. The minimum absolute atomic E-state index is 0.134. The molecular formula is C12H22N2O2S. The zero-order valence-electron chi connectivity index (χ0n) is 10.5. The van der Waals surface area contributed by atoms with Gasteiger partial charge in [0.2, 0.25) is 5.91 Å². The van der Waals surface area contributed by atoms with Crippen LogP contribution in [0.1, 0.15) is 19.3 Å². The van der Waals surface area contributed by atoms with E-state index in [1.807, 2.05) is 6.26 Å². The summed E-state index contributed by atoms with van der Waals surface area (Å²) in [4.78, 5) is 14.1. The molecule has 2 aliphatic heterocycles. The highest BCUT2D eigenvalue weighted by molar-refractivity contribution is 7.99. The van der Waals surface area contributed by atoms with Crippen molar-refractivity contribution in [1.29, 1.82) is 0 Å². The maximum Gasteiger partial charge on any atom is 0.230 e. The van der Waals surface area contributed by atoms with Crippen molar-refractivity contribution in [3.05, 3.63) is 0 Å². The number of rotatable bonds is 4. The van der Waals surface area contributed by atoms with Gasteiger partial charge >= 0.3 is 0 Å². The molecule has 2 atom stereocenters. The first-order valence-corrected chi connectivity index (χ1v) is 7.80. The zero-order chi connectivity index (χ0) is 12.1. The van der Waals surface area contributed by atoms with Crippen molar-refractivity contribution < 1.29 is 9.53 Å². The van der Waals surface area contributed by atoms with Gasteiger partial charge in [0.1, 0.15) is 0 Å². The van der Waals surface area contributed by atoms with E-state index in [-0.39, 0.29) is 11.9 Å². The topological polar surface area (TPSA) is 41.6 Å². The third kappa shape index (κ3) is 3.60. The largest absolute Gasteiger partial charge is 0.378 e. The summed E-state index contributed by atoms with van der Waals surface area (Å²) in [6.45, 7) is 3.75. The average molecular weight is 258 g/mol. The molecule has 5 heteroatoms. The van der Waals surface area contributed by atoms with Crippen molar-refractivity contribution in [3.63, 3.8) is 0 Å². The minimum atomic E-state index is 0.134. The zero-order valence-corrected chi connectivity index (χ0v) is 11.3. The van der Waals surface area contributed by atoms with Crippen LogP contribution in [0.25, 0.3) is 0 Å². The van der Waals surface area contributed by atoms with Gasteiger partial charge in [-0.05, 0) is 32.2 Å². The van der Waals surface area contributed by atoms with E-state index in [0.29, 0.717) is 18.4 Å². The lowest BCUT2D eigenvalue weighted by Gasteiger charge is -2.34. The molecule has 0 aromatic rings. The molecule has 17 heavy (non-hydrogen) atoms. The van der Waals surface area contributed by atoms with Crippen LogP contribution in [0.4, 0.5) is 0 Å². The van der Waals surface area contributed by atoms with Crippen LogP contribution < -0.4 is 5.32 Å². The van der Waals surface area contributed by atoms with Crippen molar-refractivity contribution in [3.8, 4) is 0 Å². The molecule has 0 unspecified atom stereocenters. The van der Waals surface area contributed by atoms with Gasteiger partial charge in [0.15, 0.2) is 0 Å². The van der Waals surface area contributed by atoms with E-state index in [1.54, 1.807) is 11.8 Å². The number of amides is 1. The Bertz CT molecular complexity index is 257. The molecule has 2 aliphatic rings. The van der Waals surface area contributed by atoms with Crippen molar-refractivity contribution in [2.45, 2.75) is 31.3 Å². The van der Waals surface area contributed by atoms with Gasteiger partial charge < -0.3 is 10.1 Å². The summed E-state index contributed by atoms with van der Waals surface area (Å²) in [6.07, 6.45) is 5.85. The molecule has 2 fully saturated rings. The fourth-order valence-electron chi connectivity index (χ4n) is 2.67. The molecule has 2 heterocycles. The molecule has 0 radical (unpaired) electrons. The van der Waals surface area contributed by atoms with Gasteiger partial charge in [-0.3, -0.25) is 9.69 Å². The summed E-state index contributed by atoms with van der Waals surface area (Å²) < 4.78 is 5.54. The van der Waals surface area contributed by atoms with Gasteiger partial charge in [-0.15, -0.1) is 0 Å². The minimum Gasteiger partial charge on any atom is -0.378 e. The second-order valence-electron chi connectivity index (χ2n) is 4.81. The van der Waals surface area contributed by atoms with Crippen LogP contribution in [-0.4, -0.2) is 61.2 Å². The van der Waals surface area contributed by atoms with Crippen molar-refractivity contribution in [1.82, 2.24) is 10.2 Å².